The second-order valence-corrected chi connectivity index (χ2v) is 10.1. The summed E-state index contributed by atoms with van der Waals surface area (Å²) in [5, 5.41) is 10.8. The van der Waals surface area contributed by atoms with Gasteiger partial charge in [0.1, 0.15) is 13.2 Å². The van der Waals surface area contributed by atoms with E-state index in [1.807, 2.05) is 24.3 Å². The number of carboxylic acids is 1. The molecule has 36 heavy (non-hydrogen) atoms. The summed E-state index contributed by atoms with van der Waals surface area (Å²) in [5.74, 6) is 1.15. The minimum Gasteiger partial charge on any atom is -0.488 e. The second-order valence-electron chi connectivity index (χ2n) is 10.1. The molecule has 190 valence electrons. The van der Waals surface area contributed by atoms with Crippen molar-refractivity contribution in [3.63, 3.8) is 0 Å². The molecular formula is C29H34N2O5. The summed E-state index contributed by atoms with van der Waals surface area (Å²) in [6.07, 6.45) is 6.09. The fourth-order valence-electron chi connectivity index (χ4n) is 6.15. The quantitative estimate of drug-likeness (QED) is 0.515. The van der Waals surface area contributed by atoms with Crippen LogP contribution < -0.4 is 9.47 Å². The van der Waals surface area contributed by atoms with Crippen molar-refractivity contribution >= 4 is 16.9 Å². The molecular weight excluding hydrogens is 456 g/mol. The van der Waals surface area contributed by atoms with Crippen LogP contribution >= 0.6 is 0 Å². The van der Waals surface area contributed by atoms with Gasteiger partial charge in [-0.2, -0.15) is 0 Å². The number of ether oxygens (including phenoxy) is 3. The van der Waals surface area contributed by atoms with E-state index >= 15 is 0 Å². The van der Waals surface area contributed by atoms with Crippen LogP contribution in [-0.2, 0) is 11.3 Å². The summed E-state index contributed by atoms with van der Waals surface area (Å²) in [6, 6.07) is 11.8. The Balaban J connectivity index is 1.42. The van der Waals surface area contributed by atoms with Gasteiger partial charge in [-0.25, -0.2) is 4.79 Å². The monoisotopic (exact) mass is 490 g/mol. The Morgan fingerprint density at radius 2 is 1.86 bits per heavy atom. The Hall–Kier alpha value is -3.03. The van der Waals surface area contributed by atoms with Gasteiger partial charge in [0, 0.05) is 36.1 Å². The highest BCUT2D eigenvalue weighted by molar-refractivity contribution is 5.99. The average molecular weight is 491 g/mol. The largest absolute Gasteiger partial charge is 0.488 e. The molecule has 1 aromatic heterocycles. The minimum absolute atomic E-state index is 0.323. The van der Waals surface area contributed by atoms with Gasteiger partial charge in [0.15, 0.2) is 11.5 Å². The van der Waals surface area contributed by atoms with E-state index in [4.69, 9.17) is 14.2 Å². The predicted octanol–water partition coefficient (Wildman–Crippen LogP) is 5.16. The topological polar surface area (TPSA) is 73.2 Å². The van der Waals surface area contributed by atoms with E-state index in [1.165, 1.54) is 48.7 Å². The Labute approximate surface area is 211 Å². The number of rotatable bonds is 6. The second kappa shape index (κ2) is 10.1. The number of para-hydroxylation sites is 1. The molecule has 3 aromatic rings. The maximum absolute atomic E-state index is 11.8. The number of carboxylic acid groups (broad SMARTS) is 1. The molecule has 0 atom stereocenters. The van der Waals surface area contributed by atoms with Crippen molar-refractivity contribution in [1.82, 2.24) is 9.47 Å². The van der Waals surface area contributed by atoms with E-state index in [2.05, 4.69) is 15.5 Å². The van der Waals surface area contributed by atoms with Crippen LogP contribution in [0.2, 0.25) is 0 Å². The lowest BCUT2D eigenvalue weighted by molar-refractivity contribution is 0.0321. The van der Waals surface area contributed by atoms with E-state index in [1.54, 1.807) is 6.07 Å². The average Bonchev–Trinajstić information content (AvgIpc) is 3.10. The molecule has 1 saturated heterocycles. The van der Waals surface area contributed by atoms with Crippen LogP contribution in [0, 0.1) is 0 Å². The number of aromatic nitrogens is 1. The Bertz CT molecular complexity index is 1250. The molecule has 0 spiro atoms. The van der Waals surface area contributed by atoms with Gasteiger partial charge in [-0.05, 0) is 48.6 Å². The van der Waals surface area contributed by atoms with Crippen molar-refractivity contribution in [1.29, 1.82) is 0 Å². The first-order valence-electron chi connectivity index (χ1n) is 13.3. The van der Waals surface area contributed by atoms with Crippen molar-refractivity contribution in [2.45, 2.75) is 44.6 Å². The molecule has 0 unspecified atom stereocenters. The number of benzene rings is 2. The van der Waals surface area contributed by atoms with Crippen LogP contribution in [0.15, 0.2) is 36.4 Å². The standard InChI is InChI=1S/C29H34N2O5/c32-29(33)21-9-10-22-24(19-21)31-14-18-36-28-23(27(31)26(22)20-5-2-1-3-6-20)7-4-8-25(28)35-17-13-30-11-15-34-16-12-30/h4,7-10,19-20H,1-3,5-6,11-18H2,(H,32,33). The highest BCUT2D eigenvalue weighted by Gasteiger charge is 2.30. The normalized spacial score (nSPS) is 18.8. The third-order valence-electron chi connectivity index (χ3n) is 7.93. The summed E-state index contributed by atoms with van der Waals surface area (Å²) >= 11 is 0. The summed E-state index contributed by atoms with van der Waals surface area (Å²) < 4.78 is 20.4. The van der Waals surface area contributed by atoms with Gasteiger partial charge in [-0.1, -0.05) is 31.4 Å². The van der Waals surface area contributed by atoms with E-state index in [9.17, 15) is 9.90 Å². The Morgan fingerprint density at radius 3 is 2.67 bits per heavy atom. The molecule has 7 heteroatoms. The third-order valence-corrected chi connectivity index (χ3v) is 7.93. The number of hydrogen-bond acceptors (Lipinski definition) is 5. The number of aromatic carboxylic acids is 1. The lowest BCUT2D eigenvalue weighted by Gasteiger charge is -2.26. The van der Waals surface area contributed by atoms with E-state index in [-0.39, 0.29) is 0 Å². The van der Waals surface area contributed by atoms with Crippen LogP contribution in [0.3, 0.4) is 0 Å². The minimum atomic E-state index is -0.895. The summed E-state index contributed by atoms with van der Waals surface area (Å²) in [5.41, 5.74) is 4.87. The number of morpholine rings is 1. The fraction of sp³-hybridized carbons (Fsp3) is 0.483. The molecule has 2 fully saturated rings. The summed E-state index contributed by atoms with van der Waals surface area (Å²) in [7, 11) is 0. The van der Waals surface area contributed by atoms with Gasteiger partial charge in [-0.15, -0.1) is 0 Å². The molecule has 2 aromatic carbocycles. The highest BCUT2D eigenvalue weighted by Crippen LogP contribution is 2.49. The zero-order valence-electron chi connectivity index (χ0n) is 20.7. The van der Waals surface area contributed by atoms with E-state index < -0.39 is 5.97 Å². The molecule has 2 aliphatic heterocycles. The molecule has 0 radical (unpaired) electrons. The van der Waals surface area contributed by atoms with Gasteiger partial charge in [-0.3, -0.25) is 4.90 Å². The number of fused-ring (bicyclic) bond motifs is 5. The predicted molar refractivity (Wildman–Crippen MR) is 138 cm³/mol. The molecule has 0 bridgehead atoms. The van der Waals surface area contributed by atoms with E-state index in [0.29, 0.717) is 31.2 Å². The molecule has 1 N–H and O–H groups in total. The lowest BCUT2D eigenvalue weighted by Crippen LogP contribution is -2.38. The van der Waals surface area contributed by atoms with Crippen molar-refractivity contribution < 1.29 is 24.1 Å². The summed E-state index contributed by atoms with van der Waals surface area (Å²) in [6.45, 7) is 6.08. The number of hydrogen-bond donors (Lipinski definition) is 1. The van der Waals surface area contributed by atoms with Gasteiger partial charge in [0.2, 0.25) is 0 Å². The van der Waals surface area contributed by atoms with Crippen LogP contribution in [0.4, 0.5) is 0 Å². The van der Waals surface area contributed by atoms with E-state index in [0.717, 1.165) is 55.4 Å². The zero-order chi connectivity index (χ0) is 24.5. The first kappa shape index (κ1) is 23.4. The molecule has 1 aliphatic carbocycles. The van der Waals surface area contributed by atoms with Gasteiger partial charge < -0.3 is 23.9 Å². The molecule has 7 nitrogen and oxygen atoms in total. The maximum Gasteiger partial charge on any atom is 0.335 e. The molecule has 6 rings (SSSR count). The smallest absolute Gasteiger partial charge is 0.335 e. The maximum atomic E-state index is 11.8. The highest BCUT2D eigenvalue weighted by atomic mass is 16.5. The molecule has 3 aliphatic rings. The van der Waals surface area contributed by atoms with Gasteiger partial charge in [0.05, 0.1) is 31.0 Å². The summed E-state index contributed by atoms with van der Waals surface area (Å²) in [4.78, 5) is 14.2. The third kappa shape index (κ3) is 4.35. The lowest BCUT2D eigenvalue weighted by atomic mass is 9.81. The molecule has 3 heterocycles. The Kier molecular flexibility index (Phi) is 6.59. The van der Waals surface area contributed by atoms with Crippen molar-refractivity contribution in [3.8, 4) is 22.8 Å². The first-order chi connectivity index (χ1) is 17.7. The van der Waals surface area contributed by atoms with Crippen LogP contribution in [0.25, 0.3) is 22.2 Å². The van der Waals surface area contributed by atoms with Crippen molar-refractivity contribution in [3.05, 3.63) is 47.5 Å². The Morgan fingerprint density at radius 1 is 1.03 bits per heavy atom. The fourth-order valence-corrected chi connectivity index (χ4v) is 6.15. The number of carbonyl (C=O) groups is 1. The van der Waals surface area contributed by atoms with Gasteiger partial charge >= 0.3 is 5.97 Å². The van der Waals surface area contributed by atoms with Crippen molar-refractivity contribution in [2.24, 2.45) is 0 Å². The van der Waals surface area contributed by atoms with Crippen LogP contribution in [0.1, 0.15) is 53.9 Å². The molecule has 1 saturated carbocycles. The molecule has 0 amide bonds. The zero-order valence-corrected chi connectivity index (χ0v) is 20.7. The van der Waals surface area contributed by atoms with Crippen LogP contribution in [0.5, 0.6) is 11.5 Å². The number of nitrogens with zero attached hydrogens (tertiary/aromatic N) is 2. The van der Waals surface area contributed by atoms with Crippen LogP contribution in [-0.4, -0.2) is 66.6 Å². The SMILES string of the molecule is O=C(O)c1ccc2c(C3CCCCC3)c3n(c2c1)CCOc1c(OCCN2CCOCC2)cccc1-3. The first-order valence-corrected chi connectivity index (χ1v) is 13.3. The van der Waals surface area contributed by atoms with Gasteiger partial charge in [0.25, 0.3) is 0 Å². The van der Waals surface area contributed by atoms with Crippen molar-refractivity contribution in [2.75, 3.05) is 46.1 Å².